The molecule has 0 N–H and O–H groups in total. The summed E-state index contributed by atoms with van der Waals surface area (Å²) < 4.78 is 5.17. The molecule has 0 aliphatic carbocycles. The highest BCUT2D eigenvalue weighted by Crippen LogP contribution is 2.28. The van der Waals surface area contributed by atoms with E-state index in [1.54, 1.807) is 7.11 Å². The summed E-state index contributed by atoms with van der Waals surface area (Å²) in [5.74, 6) is 0.912. The van der Waals surface area contributed by atoms with Crippen LogP contribution in [0.1, 0.15) is 32.8 Å². The predicted octanol–water partition coefficient (Wildman–Crippen LogP) is 3.18. The lowest BCUT2D eigenvalue weighted by molar-refractivity contribution is 0.411. The van der Waals surface area contributed by atoms with Crippen LogP contribution >= 0.6 is 0 Å². The summed E-state index contributed by atoms with van der Waals surface area (Å²) in [6.45, 7) is 6.63. The third kappa shape index (κ3) is 2.24. The molecule has 0 bridgehead atoms. The predicted molar refractivity (Wildman–Crippen MR) is 55.1 cm³/mol. The quantitative estimate of drug-likeness (QED) is 0.689. The third-order valence-electron chi connectivity index (χ3n) is 2.62. The van der Waals surface area contributed by atoms with Crippen molar-refractivity contribution in [3.63, 3.8) is 0 Å². The van der Waals surface area contributed by atoms with Crippen LogP contribution in [-0.4, -0.2) is 7.11 Å². The van der Waals surface area contributed by atoms with E-state index in [2.05, 4.69) is 32.9 Å². The molecular formula is C12H17O. The van der Waals surface area contributed by atoms with Crippen molar-refractivity contribution in [3.8, 4) is 5.75 Å². The van der Waals surface area contributed by atoms with Gasteiger partial charge in [0.15, 0.2) is 0 Å². The van der Waals surface area contributed by atoms with Crippen LogP contribution in [0.25, 0.3) is 0 Å². The van der Waals surface area contributed by atoms with Crippen LogP contribution in [0.15, 0.2) is 18.2 Å². The van der Waals surface area contributed by atoms with E-state index in [-0.39, 0.29) is 5.41 Å². The molecule has 0 saturated carbocycles. The summed E-state index contributed by atoms with van der Waals surface area (Å²) in [7, 11) is 1.69. The Balaban J connectivity index is 3.01. The summed E-state index contributed by atoms with van der Waals surface area (Å²) in [6.07, 6.45) is 1.11. The Labute approximate surface area is 80.7 Å². The molecule has 0 spiro atoms. The topological polar surface area (TPSA) is 9.23 Å². The minimum atomic E-state index is 0.189. The number of rotatable bonds is 3. The van der Waals surface area contributed by atoms with Crippen molar-refractivity contribution < 1.29 is 4.74 Å². The molecule has 0 fully saturated rings. The number of hydrogen-bond donors (Lipinski definition) is 0. The van der Waals surface area contributed by atoms with Crippen molar-refractivity contribution in [2.75, 3.05) is 7.11 Å². The molecule has 1 rings (SSSR count). The molecule has 1 aromatic rings. The Kier molecular flexibility index (Phi) is 2.97. The fourth-order valence-corrected chi connectivity index (χ4v) is 1.15. The molecule has 0 atom stereocenters. The zero-order valence-electron chi connectivity index (χ0n) is 8.85. The highest BCUT2D eigenvalue weighted by atomic mass is 16.5. The monoisotopic (exact) mass is 177 g/mol. The summed E-state index contributed by atoms with van der Waals surface area (Å²) >= 11 is 0. The first-order valence-electron chi connectivity index (χ1n) is 4.66. The van der Waals surface area contributed by atoms with Crippen molar-refractivity contribution in [3.05, 3.63) is 29.8 Å². The Bertz CT molecular complexity index is 276. The van der Waals surface area contributed by atoms with E-state index in [0.717, 1.165) is 12.2 Å². The molecule has 1 heteroatoms. The average Bonchev–Trinajstić information content (AvgIpc) is 2.18. The van der Waals surface area contributed by atoms with Crippen LogP contribution < -0.4 is 4.74 Å². The van der Waals surface area contributed by atoms with Crippen LogP contribution in [-0.2, 0) is 5.41 Å². The number of ether oxygens (including phenoxy) is 1. The summed E-state index contributed by atoms with van der Waals surface area (Å²) in [5.41, 5.74) is 1.41. The summed E-state index contributed by atoms with van der Waals surface area (Å²) in [6, 6.07) is 9.16. The highest BCUT2D eigenvalue weighted by molar-refractivity contribution is 5.31. The number of hydrogen-bond acceptors (Lipinski definition) is 1. The second kappa shape index (κ2) is 3.82. The van der Waals surface area contributed by atoms with Gasteiger partial charge < -0.3 is 4.74 Å². The molecule has 0 heterocycles. The summed E-state index contributed by atoms with van der Waals surface area (Å²) in [4.78, 5) is 0. The van der Waals surface area contributed by atoms with E-state index in [4.69, 9.17) is 4.74 Å². The lowest BCUT2D eigenvalue weighted by Gasteiger charge is -2.23. The average molecular weight is 177 g/mol. The van der Waals surface area contributed by atoms with E-state index >= 15 is 0 Å². The fourth-order valence-electron chi connectivity index (χ4n) is 1.15. The SMILES string of the molecule is CCC(C)(C)c1[c]ccc(OC)c1. The number of benzene rings is 1. The molecule has 0 amide bonds. The minimum absolute atomic E-state index is 0.189. The van der Waals surface area contributed by atoms with Gasteiger partial charge in [-0.1, -0.05) is 26.8 Å². The third-order valence-corrected chi connectivity index (χ3v) is 2.62. The maximum atomic E-state index is 5.17. The first kappa shape index (κ1) is 10.1. The van der Waals surface area contributed by atoms with Gasteiger partial charge in [-0.15, -0.1) is 0 Å². The number of methoxy groups -OCH3 is 1. The van der Waals surface area contributed by atoms with Gasteiger partial charge in [0, 0.05) is 0 Å². The second-order valence-corrected chi connectivity index (χ2v) is 3.88. The molecule has 1 radical (unpaired) electrons. The molecule has 1 aromatic carbocycles. The Morgan fingerprint density at radius 1 is 1.46 bits per heavy atom. The fraction of sp³-hybridized carbons (Fsp3) is 0.500. The smallest absolute Gasteiger partial charge is 0.119 e. The largest absolute Gasteiger partial charge is 0.497 e. The van der Waals surface area contributed by atoms with Crippen molar-refractivity contribution in [1.29, 1.82) is 0 Å². The first-order chi connectivity index (χ1) is 6.10. The van der Waals surface area contributed by atoms with Gasteiger partial charge in [0.2, 0.25) is 0 Å². The highest BCUT2D eigenvalue weighted by Gasteiger charge is 2.18. The summed E-state index contributed by atoms with van der Waals surface area (Å²) in [5, 5.41) is 0. The van der Waals surface area contributed by atoms with Gasteiger partial charge >= 0.3 is 0 Å². The second-order valence-electron chi connectivity index (χ2n) is 3.88. The van der Waals surface area contributed by atoms with Gasteiger partial charge in [-0.2, -0.15) is 0 Å². The van der Waals surface area contributed by atoms with Crippen molar-refractivity contribution >= 4 is 0 Å². The van der Waals surface area contributed by atoms with Crippen molar-refractivity contribution in [2.45, 2.75) is 32.6 Å². The lowest BCUT2D eigenvalue weighted by atomic mass is 9.82. The van der Waals surface area contributed by atoms with Gasteiger partial charge in [-0.05, 0) is 35.6 Å². The normalized spacial score (nSPS) is 11.4. The van der Waals surface area contributed by atoms with Crippen molar-refractivity contribution in [2.24, 2.45) is 0 Å². The van der Waals surface area contributed by atoms with Crippen LogP contribution in [0.3, 0.4) is 0 Å². The molecule has 1 nitrogen and oxygen atoms in total. The zero-order valence-corrected chi connectivity index (χ0v) is 8.85. The van der Waals surface area contributed by atoms with Crippen LogP contribution in [0, 0.1) is 6.07 Å². The first-order valence-corrected chi connectivity index (χ1v) is 4.66. The van der Waals surface area contributed by atoms with Gasteiger partial charge in [-0.25, -0.2) is 0 Å². The maximum Gasteiger partial charge on any atom is 0.119 e. The van der Waals surface area contributed by atoms with Gasteiger partial charge in [0.1, 0.15) is 5.75 Å². The lowest BCUT2D eigenvalue weighted by Crippen LogP contribution is -2.15. The van der Waals surface area contributed by atoms with E-state index < -0.39 is 0 Å². The molecule has 71 valence electrons. The molecule has 0 unspecified atom stereocenters. The molecule has 0 aliphatic rings. The molecule has 0 saturated heterocycles. The van der Waals surface area contributed by atoms with E-state index in [1.165, 1.54) is 5.56 Å². The Hall–Kier alpha value is -0.980. The molecule has 0 aromatic heterocycles. The molecule has 13 heavy (non-hydrogen) atoms. The Morgan fingerprint density at radius 3 is 2.69 bits per heavy atom. The van der Waals surface area contributed by atoms with Crippen LogP contribution in [0.4, 0.5) is 0 Å². The van der Waals surface area contributed by atoms with E-state index in [9.17, 15) is 0 Å². The molecule has 0 aliphatic heterocycles. The molecular weight excluding hydrogens is 160 g/mol. The standard InChI is InChI=1S/C12H17O/c1-5-12(2,3)10-7-6-8-11(9-10)13-4/h6,8-9H,5H2,1-4H3. The van der Waals surface area contributed by atoms with Gasteiger partial charge in [0.25, 0.3) is 0 Å². The van der Waals surface area contributed by atoms with E-state index in [1.807, 2.05) is 12.1 Å². The minimum Gasteiger partial charge on any atom is -0.497 e. The van der Waals surface area contributed by atoms with E-state index in [0.29, 0.717) is 0 Å². The Morgan fingerprint density at radius 2 is 2.15 bits per heavy atom. The van der Waals surface area contributed by atoms with Gasteiger partial charge in [0.05, 0.1) is 7.11 Å². The van der Waals surface area contributed by atoms with Crippen LogP contribution in [0.5, 0.6) is 5.75 Å². The maximum absolute atomic E-state index is 5.17. The van der Waals surface area contributed by atoms with Crippen molar-refractivity contribution in [1.82, 2.24) is 0 Å². The van der Waals surface area contributed by atoms with Gasteiger partial charge in [-0.3, -0.25) is 0 Å². The van der Waals surface area contributed by atoms with Crippen LogP contribution in [0.2, 0.25) is 0 Å². The zero-order chi connectivity index (χ0) is 9.90.